The SMILES string of the molecule is CCCOC(=O)c1cc(=O)[nH][nH]1. The standard InChI is InChI=1S/C7H10N2O3/c1-2-3-12-7(11)5-4-6(10)9-8-5/h4H,2-3H2,1H3,(H2,8,9,10). The zero-order chi connectivity index (χ0) is 8.97. The Morgan fingerprint density at radius 1 is 1.58 bits per heavy atom. The van der Waals surface area contributed by atoms with Crippen LogP contribution in [0.4, 0.5) is 0 Å². The van der Waals surface area contributed by atoms with Crippen LogP contribution in [0.15, 0.2) is 10.9 Å². The summed E-state index contributed by atoms with van der Waals surface area (Å²) in [4.78, 5) is 21.6. The fourth-order valence-electron chi connectivity index (χ4n) is 0.715. The van der Waals surface area contributed by atoms with Crippen molar-refractivity contribution in [2.24, 2.45) is 0 Å². The molecular formula is C7H10N2O3. The van der Waals surface area contributed by atoms with E-state index in [1.165, 1.54) is 0 Å². The Kier molecular flexibility index (Phi) is 2.68. The average Bonchev–Trinajstić information content (AvgIpc) is 2.47. The first-order valence-corrected chi connectivity index (χ1v) is 3.69. The van der Waals surface area contributed by atoms with Crippen LogP contribution in [0, 0.1) is 0 Å². The van der Waals surface area contributed by atoms with Gasteiger partial charge in [0.25, 0.3) is 5.56 Å². The largest absolute Gasteiger partial charge is 0.461 e. The van der Waals surface area contributed by atoms with Crippen LogP contribution >= 0.6 is 0 Å². The van der Waals surface area contributed by atoms with E-state index < -0.39 is 5.97 Å². The summed E-state index contributed by atoms with van der Waals surface area (Å²) in [6.07, 6.45) is 0.764. The molecule has 1 heterocycles. The summed E-state index contributed by atoms with van der Waals surface area (Å²) in [6, 6.07) is 1.16. The Morgan fingerprint density at radius 3 is 2.83 bits per heavy atom. The van der Waals surface area contributed by atoms with E-state index in [1.807, 2.05) is 6.92 Å². The van der Waals surface area contributed by atoms with Gasteiger partial charge < -0.3 is 4.74 Å². The van der Waals surface area contributed by atoms with Crippen molar-refractivity contribution in [3.63, 3.8) is 0 Å². The third-order valence-electron chi connectivity index (χ3n) is 1.25. The van der Waals surface area contributed by atoms with Gasteiger partial charge in [-0.1, -0.05) is 6.92 Å². The molecule has 0 radical (unpaired) electrons. The average molecular weight is 170 g/mol. The third-order valence-corrected chi connectivity index (χ3v) is 1.25. The number of aromatic nitrogens is 2. The maximum absolute atomic E-state index is 11.0. The van der Waals surface area contributed by atoms with Crippen LogP contribution in [0.2, 0.25) is 0 Å². The van der Waals surface area contributed by atoms with E-state index >= 15 is 0 Å². The van der Waals surface area contributed by atoms with Gasteiger partial charge in [-0.2, -0.15) is 0 Å². The monoisotopic (exact) mass is 170 g/mol. The van der Waals surface area contributed by atoms with Crippen molar-refractivity contribution >= 4 is 5.97 Å². The number of esters is 1. The molecule has 0 aliphatic heterocycles. The van der Waals surface area contributed by atoms with E-state index in [1.54, 1.807) is 0 Å². The maximum Gasteiger partial charge on any atom is 0.356 e. The molecule has 0 spiro atoms. The number of carbonyl (C=O) groups is 1. The third kappa shape index (κ3) is 1.98. The topological polar surface area (TPSA) is 75.0 Å². The van der Waals surface area contributed by atoms with Crippen molar-refractivity contribution in [2.75, 3.05) is 6.61 Å². The molecule has 1 rings (SSSR count). The number of hydrogen-bond donors (Lipinski definition) is 2. The molecule has 0 saturated carbocycles. The Hall–Kier alpha value is -1.52. The van der Waals surface area contributed by atoms with E-state index in [2.05, 4.69) is 10.2 Å². The van der Waals surface area contributed by atoms with Gasteiger partial charge in [0.2, 0.25) is 0 Å². The molecule has 0 aliphatic carbocycles. The molecule has 0 aromatic carbocycles. The number of aromatic amines is 2. The molecule has 2 N–H and O–H groups in total. The fraction of sp³-hybridized carbons (Fsp3) is 0.429. The number of carbonyl (C=O) groups excluding carboxylic acids is 1. The molecule has 0 amide bonds. The minimum atomic E-state index is -0.504. The molecule has 0 saturated heterocycles. The van der Waals surface area contributed by atoms with E-state index in [0.29, 0.717) is 6.61 Å². The molecule has 66 valence electrons. The molecular weight excluding hydrogens is 160 g/mol. The molecule has 0 bridgehead atoms. The Bertz CT molecular complexity index is 312. The van der Waals surface area contributed by atoms with Crippen LogP contribution in [-0.4, -0.2) is 22.8 Å². The summed E-state index contributed by atoms with van der Waals surface area (Å²) < 4.78 is 4.76. The first-order chi connectivity index (χ1) is 5.74. The van der Waals surface area contributed by atoms with E-state index in [9.17, 15) is 9.59 Å². The van der Waals surface area contributed by atoms with Crippen molar-refractivity contribution in [1.82, 2.24) is 10.2 Å². The van der Waals surface area contributed by atoms with Crippen LogP contribution in [0.3, 0.4) is 0 Å². The van der Waals surface area contributed by atoms with Gasteiger partial charge in [-0.3, -0.25) is 15.0 Å². The summed E-state index contributed by atoms with van der Waals surface area (Å²) in [5.74, 6) is -0.504. The Labute approximate surface area is 68.7 Å². The number of nitrogens with one attached hydrogen (secondary N) is 2. The minimum absolute atomic E-state index is 0.161. The van der Waals surface area contributed by atoms with Crippen molar-refractivity contribution < 1.29 is 9.53 Å². The molecule has 0 atom stereocenters. The Morgan fingerprint density at radius 2 is 2.33 bits per heavy atom. The summed E-state index contributed by atoms with van der Waals surface area (Å²) in [7, 11) is 0. The fourth-order valence-corrected chi connectivity index (χ4v) is 0.715. The first kappa shape index (κ1) is 8.58. The summed E-state index contributed by atoms with van der Waals surface area (Å²) >= 11 is 0. The van der Waals surface area contributed by atoms with Gasteiger partial charge in [0.15, 0.2) is 0 Å². The van der Waals surface area contributed by atoms with Crippen molar-refractivity contribution in [1.29, 1.82) is 0 Å². The molecule has 5 heteroatoms. The van der Waals surface area contributed by atoms with Crippen LogP contribution < -0.4 is 5.56 Å². The normalized spacial score (nSPS) is 9.75. The second kappa shape index (κ2) is 3.75. The molecule has 5 nitrogen and oxygen atoms in total. The van der Waals surface area contributed by atoms with Gasteiger partial charge in [0.05, 0.1) is 6.61 Å². The predicted octanol–water partition coefficient (Wildman–Crippen LogP) is 0.270. The quantitative estimate of drug-likeness (QED) is 0.639. The number of hydrogen-bond acceptors (Lipinski definition) is 3. The molecule has 12 heavy (non-hydrogen) atoms. The highest BCUT2D eigenvalue weighted by molar-refractivity contribution is 5.86. The second-order valence-electron chi connectivity index (χ2n) is 2.31. The summed E-state index contributed by atoms with van der Waals surface area (Å²) in [5, 5.41) is 4.65. The highest BCUT2D eigenvalue weighted by atomic mass is 16.5. The smallest absolute Gasteiger partial charge is 0.356 e. The number of H-pyrrole nitrogens is 2. The first-order valence-electron chi connectivity index (χ1n) is 3.69. The lowest BCUT2D eigenvalue weighted by Crippen LogP contribution is -2.06. The molecule has 0 aliphatic rings. The van der Waals surface area contributed by atoms with Gasteiger partial charge >= 0.3 is 5.97 Å². The lowest BCUT2D eigenvalue weighted by Gasteiger charge is -1.98. The van der Waals surface area contributed by atoms with E-state index in [4.69, 9.17) is 4.74 Å². The van der Waals surface area contributed by atoms with E-state index in [-0.39, 0.29) is 11.3 Å². The van der Waals surface area contributed by atoms with Gasteiger partial charge in [-0.25, -0.2) is 4.79 Å². The maximum atomic E-state index is 11.0. The van der Waals surface area contributed by atoms with Gasteiger partial charge in [0.1, 0.15) is 5.69 Å². The lowest BCUT2D eigenvalue weighted by atomic mass is 10.4. The number of ether oxygens (including phenoxy) is 1. The zero-order valence-electron chi connectivity index (χ0n) is 6.72. The molecule has 1 aromatic heterocycles. The van der Waals surface area contributed by atoms with Crippen molar-refractivity contribution in [2.45, 2.75) is 13.3 Å². The zero-order valence-corrected chi connectivity index (χ0v) is 6.72. The van der Waals surface area contributed by atoms with Gasteiger partial charge in [0, 0.05) is 6.07 Å². The molecule has 0 fully saturated rings. The summed E-state index contributed by atoms with van der Waals surface area (Å²) in [5.41, 5.74) is -0.174. The highest BCUT2D eigenvalue weighted by Gasteiger charge is 2.07. The van der Waals surface area contributed by atoms with Crippen LogP contribution in [0.5, 0.6) is 0 Å². The van der Waals surface area contributed by atoms with Gasteiger partial charge in [-0.15, -0.1) is 0 Å². The number of rotatable bonds is 3. The molecule has 1 aromatic rings. The van der Waals surface area contributed by atoms with Crippen molar-refractivity contribution in [3.05, 3.63) is 22.1 Å². The predicted molar refractivity (Wildman–Crippen MR) is 42.0 cm³/mol. The van der Waals surface area contributed by atoms with Crippen LogP contribution in [0.1, 0.15) is 23.8 Å². The van der Waals surface area contributed by atoms with Gasteiger partial charge in [-0.05, 0) is 6.42 Å². The van der Waals surface area contributed by atoms with Crippen molar-refractivity contribution in [3.8, 4) is 0 Å². The van der Waals surface area contributed by atoms with Crippen LogP contribution in [-0.2, 0) is 4.74 Å². The Balaban J connectivity index is 2.59. The lowest BCUT2D eigenvalue weighted by molar-refractivity contribution is 0.0498. The summed E-state index contributed by atoms with van der Waals surface area (Å²) in [6.45, 7) is 2.26. The minimum Gasteiger partial charge on any atom is -0.461 e. The van der Waals surface area contributed by atoms with Crippen LogP contribution in [0.25, 0.3) is 0 Å². The second-order valence-corrected chi connectivity index (χ2v) is 2.31. The molecule has 0 unspecified atom stereocenters. The van der Waals surface area contributed by atoms with E-state index in [0.717, 1.165) is 12.5 Å². The highest BCUT2D eigenvalue weighted by Crippen LogP contribution is 1.92.